The second kappa shape index (κ2) is 34.2. The van der Waals surface area contributed by atoms with Crippen molar-refractivity contribution in [1.29, 1.82) is 0 Å². The van der Waals surface area contributed by atoms with Gasteiger partial charge in [0.1, 0.15) is 6.61 Å². The minimum absolute atomic E-state index is 0.0510. The third-order valence-corrected chi connectivity index (χ3v) is 10.6. The third kappa shape index (κ3) is 31.1. The van der Waals surface area contributed by atoms with Gasteiger partial charge in [0, 0.05) is 19.4 Å². The van der Waals surface area contributed by atoms with Crippen LogP contribution in [0.15, 0.2) is 12.2 Å². The highest BCUT2D eigenvalue weighted by molar-refractivity contribution is 7.47. The Morgan fingerprint density at radius 2 is 1.12 bits per heavy atom. The first-order valence-corrected chi connectivity index (χ1v) is 22.8. The molecular weight excluding hydrogens is 681 g/mol. The minimum Gasteiger partial charge on any atom is -0.462 e. The van der Waals surface area contributed by atoms with E-state index in [4.69, 9.17) is 29.0 Å². The maximum Gasteiger partial charge on any atom is 0.472 e. The number of allylic oxidation sites excluding steroid dienone is 2. The Morgan fingerprint density at radius 3 is 1.65 bits per heavy atom. The molecule has 3 N–H and O–H groups in total. The molecule has 4 atom stereocenters. The van der Waals surface area contributed by atoms with E-state index in [1.165, 1.54) is 103 Å². The van der Waals surface area contributed by atoms with Gasteiger partial charge in [0.05, 0.1) is 25.4 Å². The summed E-state index contributed by atoms with van der Waals surface area (Å²) >= 11 is 0. The third-order valence-electron chi connectivity index (χ3n) is 9.57. The fraction of sp³-hybridized carbons (Fsp3) is 0.902. The van der Waals surface area contributed by atoms with Gasteiger partial charge in [-0.25, -0.2) is 4.57 Å². The number of ether oxygens (including phenoxy) is 3. The lowest BCUT2D eigenvalue weighted by Gasteiger charge is -2.19. The highest BCUT2D eigenvalue weighted by Gasteiger charge is 2.36. The normalized spacial score (nSPS) is 17.3. The second-order valence-corrected chi connectivity index (χ2v) is 16.0. The van der Waals surface area contributed by atoms with Gasteiger partial charge in [0.15, 0.2) is 6.10 Å². The first-order valence-electron chi connectivity index (χ1n) is 21.3. The van der Waals surface area contributed by atoms with E-state index in [2.05, 4.69) is 26.0 Å². The fourth-order valence-corrected chi connectivity index (χ4v) is 7.07. The molecule has 4 unspecified atom stereocenters. The molecule has 1 saturated heterocycles. The number of hydrogen-bond acceptors (Lipinski definition) is 9. The number of esters is 2. The van der Waals surface area contributed by atoms with Crippen LogP contribution in [-0.2, 0) is 37.4 Å². The van der Waals surface area contributed by atoms with Crippen molar-refractivity contribution in [3.8, 4) is 0 Å². The number of epoxide rings is 1. The molecule has 0 aromatic heterocycles. The zero-order valence-corrected chi connectivity index (χ0v) is 34.1. The summed E-state index contributed by atoms with van der Waals surface area (Å²) < 4.78 is 38.6. The van der Waals surface area contributed by atoms with Crippen molar-refractivity contribution in [3.63, 3.8) is 0 Å². The number of unbranched alkanes of at least 4 members (excludes halogenated alkanes) is 20. The standard InChI is InChI=1S/C41H78NO9P/c1-3-5-7-9-10-11-12-13-14-15-16-17-20-23-27-31-40(43)47-35-37(36-49-52(45,46)48-34-33-42)50-41(44)32-28-24-21-18-19-22-26-30-39-38(51-39)29-25-8-6-4-2/h13-14,37-39H,3-12,15-36,42H2,1-2H3,(H,45,46)/b14-13-. The van der Waals surface area contributed by atoms with Crippen molar-refractivity contribution in [2.75, 3.05) is 26.4 Å². The van der Waals surface area contributed by atoms with Gasteiger partial charge in [-0.05, 0) is 51.4 Å². The van der Waals surface area contributed by atoms with Crippen LogP contribution in [-0.4, -0.2) is 61.5 Å². The van der Waals surface area contributed by atoms with Crippen molar-refractivity contribution >= 4 is 19.8 Å². The van der Waals surface area contributed by atoms with E-state index >= 15 is 0 Å². The molecule has 306 valence electrons. The highest BCUT2D eigenvalue weighted by atomic mass is 31.2. The van der Waals surface area contributed by atoms with E-state index in [0.717, 1.165) is 57.8 Å². The molecule has 0 spiro atoms. The van der Waals surface area contributed by atoms with E-state index < -0.39 is 32.5 Å². The maximum atomic E-state index is 12.6. The van der Waals surface area contributed by atoms with Crippen LogP contribution in [0.3, 0.4) is 0 Å². The molecule has 0 aromatic rings. The summed E-state index contributed by atoms with van der Waals surface area (Å²) in [7, 11) is -4.38. The molecule has 1 rings (SSSR count). The first kappa shape index (κ1) is 48.7. The predicted octanol–water partition coefficient (Wildman–Crippen LogP) is 10.8. The second-order valence-electron chi connectivity index (χ2n) is 14.6. The van der Waals surface area contributed by atoms with Gasteiger partial charge in [-0.15, -0.1) is 0 Å². The summed E-state index contributed by atoms with van der Waals surface area (Å²) in [6.07, 6.45) is 35.4. The van der Waals surface area contributed by atoms with Gasteiger partial charge in [0.25, 0.3) is 0 Å². The largest absolute Gasteiger partial charge is 0.472 e. The Hall–Kier alpha value is -1.29. The summed E-state index contributed by atoms with van der Waals surface area (Å²) in [6.45, 7) is 3.70. The molecule has 0 aromatic carbocycles. The van der Waals surface area contributed by atoms with Gasteiger partial charge in [0.2, 0.25) is 0 Å². The molecule has 11 heteroatoms. The van der Waals surface area contributed by atoms with Crippen molar-refractivity contribution in [1.82, 2.24) is 0 Å². The Bertz CT molecular complexity index is 934. The van der Waals surface area contributed by atoms with E-state index in [1.807, 2.05) is 0 Å². The fourth-order valence-electron chi connectivity index (χ4n) is 6.30. The van der Waals surface area contributed by atoms with Crippen LogP contribution in [0.1, 0.15) is 194 Å². The van der Waals surface area contributed by atoms with Gasteiger partial charge < -0.3 is 24.8 Å². The molecule has 1 fully saturated rings. The van der Waals surface area contributed by atoms with E-state index in [0.29, 0.717) is 18.6 Å². The number of phosphoric ester groups is 1. The van der Waals surface area contributed by atoms with Crippen molar-refractivity contribution in [3.05, 3.63) is 12.2 Å². The van der Waals surface area contributed by atoms with Crippen LogP contribution in [0.25, 0.3) is 0 Å². The van der Waals surface area contributed by atoms with E-state index in [9.17, 15) is 19.0 Å². The van der Waals surface area contributed by atoms with Crippen LogP contribution in [0.5, 0.6) is 0 Å². The zero-order chi connectivity index (χ0) is 38.0. The monoisotopic (exact) mass is 760 g/mol. The Balaban J connectivity index is 2.18. The molecule has 0 radical (unpaired) electrons. The molecule has 0 bridgehead atoms. The molecular formula is C41H78NO9P. The summed E-state index contributed by atoms with van der Waals surface area (Å²) in [5.41, 5.74) is 5.34. The van der Waals surface area contributed by atoms with Gasteiger partial charge >= 0.3 is 19.8 Å². The number of carbonyl (C=O) groups is 2. The molecule has 52 heavy (non-hydrogen) atoms. The lowest BCUT2D eigenvalue weighted by molar-refractivity contribution is -0.161. The molecule has 0 saturated carbocycles. The predicted molar refractivity (Wildman–Crippen MR) is 210 cm³/mol. The topological polar surface area (TPSA) is 147 Å². The number of carbonyl (C=O) groups excluding carboxylic acids is 2. The Morgan fingerprint density at radius 1 is 0.654 bits per heavy atom. The number of rotatable bonds is 39. The number of hydrogen-bond donors (Lipinski definition) is 2. The quantitative estimate of drug-likeness (QED) is 0.0204. The Kier molecular flexibility index (Phi) is 32.1. The SMILES string of the molecule is CCCCCCCC/C=C\CCCCCCCC(=O)OCC(COP(=O)(O)OCCN)OC(=O)CCCCCCCCCC1OC1CCCCCC. The smallest absolute Gasteiger partial charge is 0.462 e. The molecule has 1 aliphatic heterocycles. The van der Waals surface area contributed by atoms with Gasteiger partial charge in [-0.2, -0.15) is 0 Å². The average molecular weight is 760 g/mol. The van der Waals surface area contributed by atoms with Crippen molar-refractivity contribution < 1.29 is 42.3 Å². The van der Waals surface area contributed by atoms with Crippen LogP contribution in [0.4, 0.5) is 0 Å². The highest BCUT2D eigenvalue weighted by Crippen LogP contribution is 2.43. The van der Waals surface area contributed by atoms with Crippen molar-refractivity contribution in [2.24, 2.45) is 5.73 Å². The first-order chi connectivity index (χ1) is 25.3. The summed E-state index contributed by atoms with van der Waals surface area (Å²) in [5.74, 6) is -0.844. The summed E-state index contributed by atoms with van der Waals surface area (Å²) in [4.78, 5) is 34.8. The van der Waals surface area contributed by atoms with Crippen LogP contribution in [0.2, 0.25) is 0 Å². The number of nitrogens with two attached hydrogens (primary N) is 1. The van der Waals surface area contributed by atoms with E-state index in [-0.39, 0.29) is 32.6 Å². The molecule has 0 aliphatic carbocycles. The van der Waals surface area contributed by atoms with Crippen LogP contribution < -0.4 is 5.73 Å². The average Bonchev–Trinajstić information content (AvgIpc) is 3.89. The van der Waals surface area contributed by atoms with Crippen LogP contribution in [0, 0.1) is 0 Å². The Labute approximate surface area is 317 Å². The molecule has 0 amide bonds. The zero-order valence-electron chi connectivity index (χ0n) is 33.3. The molecule has 1 heterocycles. The summed E-state index contributed by atoms with van der Waals surface area (Å²) in [5, 5.41) is 0. The van der Waals surface area contributed by atoms with E-state index in [1.54, 1.807) is 0 Å². The molecule has 10 nitrogen and oxygen atoms in total. The lowest BCUT2D eigenvalue weighted by atomic mass is 10.0. The van der Waals surface area contributed by atoms with Crippen molar-refractivity contribution in [2.45, 2.75) is 212 Å². The summed E-state index contributed by atoms with van der Waals surface area (Å²) in [6, 6.07) is 0. The lowest BCUT2D eigenvalue weighted by Crippen LogP contribution is -2.29. The minimum atomic E-state index is -4.38. The van der Waals surface area contributed by atoms with Gasteiger partial charge in [-0.3, -0.25) is 18.6 Å². The molecule has 1 aliphatic rings. The van der Waals surface area contributed by atoms with Gasteiger partial charge in [-0.1, -0.05) is 142 Å². The maximum absolute atomic E-state index is 12.6. The number of phosphoric acid groups is 1. The van der Waals surface area contributed by atoms with Crippen LogP contribution >= 0.6 is 7.82 Å².